The highest BCUT2D eigenvalue weighted by Crippen LogP contribution is 2.14. The molecule has 1 rings (SSSR count). The summed E-state index contributed by atoms with van der Waals surface area (Å²) in [5.41, 5.74) is 3.08. The van der Waals surface area contributed by atoms with E-state index in [-0.39, 0.29) is 0 Å². The fourth-order valence-corrected chi connectivity index (χ4v) is 4.07. The second-order valence-corrected chi connectivity index (χ2v) is 8.67. The van der Waals surface area contributed by atoms with Gasteiger partial charge in [-0.25, -0.2) is 4.57 Å². The Balaban J connectivity index is 2.14. The van der Waals surface area contributed by atoms with Crippen molar-refractivity contribution in [3.05, 3.63) is 29.6 Å². The molecule has 1 heterocycles. The molecule has 0 fully saturated rings. The lowest BCUT2D eigenvalue weighted by molar-refractivity contribution is -0.672. The van der Waals surface area contributed by atoms with Crippen molar-refractivity contribution in [1.82, 2.24) is 0 Å². The SMILES string of the molecule is CCCCCCCCCCc1cc(CCCCCCCCCC)c[n+](C)c1. The first kappa shape index (κ1) is 24.2. The Morgan fingerprint density at radius 1 is 0.519 bits per heavy atom. The summed E-state index contributed by atoms with van der Waals surface area (Å²) in [6.07, 6.45) is 29.7. The number of unbranched alkanes of at least 4 members (excludes halogenated alkanes) is 14. The van der Waals surface area contributed by atoms with Gasteiger partial charge in [0.1, 0.15) is 7.05 Å². The van der Waals surface area contributed by atoms with Crippen LogP contribution in [-0.4, -0.2) is 0 Å². The van der Waals surface area contributed by atoms with Crippen LogP contribution in [0.2, 0.25) is 0 Å². The van der Waals surface area contributed by atoms with Gasteiger partial charge in [0.15, 0.2) is 12.4 Å². The summed E-state index contributed by atoms with van der Waals surface area (Å²) < 4.78 is 2.28. The van der Waals surface area contributed by atoms with Crippen LogP contribution in [0.5, 0.6) is 0 Å². The largest absolute Gasteiger partial charge is 0.207 e. The molecule has 0 aliphatic heterocycles. The van der Waals surface area contributed by atoms with Crippen LogP contribution in [0.25, 0.3) is 0 Å². The van der Waals surface area contributed by atoms with Crippen LogP contribution in [0, 0.1) is 0 Å². The van der Waals surface area contributed by atoms with Crippen molar-refractivity contribution in [2.75, 3.05) is 0 Å². The quantitative estimate of drug-likeness (QED) is 0.182. The van der Waals surface area contributed by atoms with Gasteiger partial charge in [-0.1, -0.05) is 104 Å². The Labute approximate surface area is 171 Å². The zero-order valence-electron chi connectivity index (χ0n) is 18.9. The highest BCUT2D eigenvalue weighted by atomic mass is 14.9. The molecule has 0 aromatic carbocycles. The van der Waals surface area contributed by atoms with Crippen LogP contribution in [0.1, 0.15) is 128 Å². The standard InChI is InChI=1S/C26H48N/c1-4-6-8-10-12-14-16-18-20-25-22-26(24-27(3)23-25)21-19-17-15-13-11-9-7-5-2/h22-24H,4-21H2,1-3H3/q+1. The molecule has 0 amide bonds. The first-order chi connectivity index (χ1) is 13.3. The van der Waals surface area contributed by atoms with E-state index < -0.39 is 0 Å². The number of pyridine rings is 1. The van der Waals surface area contributed by atoms with Gasteiger partial charge in [-0.3, -0.25) is 0 Å². The van der Waals surface area contributed by atoms with E-state index in [2.05, 4.69) is 43.9 Å². The van der Waals surface area contributed by atoms with Gasteiger partial charge >= 0.3 is 0 Å². The molecule has 0 atom stereocenters. The third-order valence-electron chi connectivity index (χ3n) is 5.75. The van der Waals surface area contributed by atoms with Crippen LogP contribution >= 0.6 is 0 Å². The van der Waals surface area contributed by atoms with Gasteiger partial charge in [-0.15, -0.1) is 0 Å². The summed E-state index contributed by atoms with van der Waals surface area (Å²) in [6.45, 7) is 4.59. The second-order valence-electron chi connectivity index (χ2n) is 8.67. The van der Waals surface area contributed by atoms with Crippen molar-refractivity contribution in [3.8, 4) is 0 Å². The zero-order chi connectivity index (χ0) is 19.6. The summed E-state index contributed by atoms with van der Waals surface area (Å²) >= 11 is 0. The lowest BCUT2D eigenvalue weighted by Gasteiger charge is -2.05. The molecule has 0 bridgehead atoms. The maximum Gasteiger partial charge on any atom is 0.171 e. The maximum atomic E-state index is 2.47. The Morgan fingerprint density at radius 2 is 0.852 bits per heavy atom. The van der Waals surface area contributed by atoms with Crippen molar-refractivity contribution in [2.24, 2.45) is 7.05 Å². The summed E-state index contributed by atoms with van der Waals surface area (Å²) in [5, 5.41) is 0. The van der Waals surface area contributed by atoms with Gasteiger partial charge in [-0.2, -0.15) is 0 Å². The zero-order valence-corrected chi connectivity index (χ0v) is 18.9. The number of aryl methyl sites for hydroxylation is 3. The average molecular weight is 375 g/mol. The molecule has 1 nitrogen and oxygen atoms in total. The molecule has 0 aliphatic rings. The smallest absolute Gasteiger partial charge is 0.171 e. The number of hydrogen-bond donors (Lipinski definition) is 0. The Kier molecular flexibility index (Phi) is 15.5. The molecule has 27 heavy (non-hydrogen) atoms. The van der Waals surface area contributed by atoms with Crippen LogP contribution in [-0.2, 0) is 19.9 Å². The predicted molar refractivity (Wildman–Crippen MR) is 120 cm³/mol. The van der Waals surface area contributed by atoms with Crippen LogP contribution in [0.3, 0.4) is 0 Å². The molecule has 0 unspecified atom stereocenters. The van der Waals surface area contributed by atoms with E-state index in [1.165, 1.54) is 116 Å². The highest BCUT2D eigenvalue weighted by Gasteiger charge is 2.05. The lowest BCUT2D eigenvalue weighted by atomic mass is 10.0. The molecule has 1 heteroatoms. The fourth-order valence-electron chi connectivity index (χ4n) is 4.07. The van der Waals surface area contributed by atoms with Crippen molar-refractivity contribution < 1.29 is 4.57 Å². The van der Waals surface area contributed by atoms with E-state index in [4.69, 9.17) is 0 Å². The van der Waals surface area contributed by atoms with Crippen LogP contribution in [0.4, 0.5) is 0 Å². The molecule has 0 aliphatic carbocycles. The van der Waals surface area contributed by atoms with E-state index >= 15 is 0 Å². The monoisotopic (exact) mass is 374 g/mol. The number of aromatic nitrogens is 1. The van der Waals surface area contributed by atoms with Gasteiger partial charge < -0.3 is 0 Å². The molecule has 0 N–H and O–H groups in total. The first-order valence-electron chi connectivity index (χ1n) is 12.2. The summed E-state index contributed by atoms with van der Waals surface area (Å²) in [6, 6.07) is 2.47. The minimum atomic E-state index is 1.26. The molecular weight excluding hydrogens is 326 g/mol. The molecule has 156 valence electrons. The normalized spacial score (nSPS) is 11.2. The first-order valence-corrected chi connectivity index (χ1v) is 12.2. The number of hydrogen-bond acceptors (Lipinski definition) is 0. The van der Waals surface area contributed by atoms with Crippen molar-refractivity contribution in [1.29, 1.82) is 0 Å². The van der Waals surface area contributed by atoms with Gasteiger partial charge in [0.05, 0.1) is 0 Å². The molecular formula is C26H48N+. The molecule has 0 spiro atoms. The average Bonchev–Trinajstić information content (AvgIpc) is 2.65. The van der Waals surface area contributed by atoms with E-state index in [0.29, 0.717) is 0 Å². The highest BCUT2D eigenvalue weighted by molar-refractivity contribution is 5.15. The van der Waals surface area contributed by atoms with E-state index in [1.54, 1.807) is 11.1 Å². The van der Waals surface area contributed by atoms with Crippen LogP contribution < -0.4 is 4.57 Å². The fraction of sp³-hybridized carbons (Fsp3) is 0.808. The maximum absolute atomic E-state index is 2.47. The molecule has 0 saturated carbocycles. The Bertz CT molecular complexity index is 413. The molecule has 0 saturated heterocycles. The molecule has 0 radical (unpaired) electrons. The summed E-state index contributed by atoms with van der Waals surface area (Å²) in [7, 11) is 2.19. The van der Waals surface area contributed by atoms with E-state index in [0.717, 1.165) is 0 Å². The van der Waals surface area contributed by atoms with Crippen molar-refractivity contribution in [3.63, 3.8) is 0 Å². The summed E-state index contributed by atoms with van der Waals surface area (Å²) in [4.78, 5) is 0. The van der Waals surface area contributed by atoms with Gasteiger partial charge in [0.2, 0.25) is 0 Å². The Hall–Kier alpha value is -0.850. The van der Waals surface area contributed by atoms with Crippen molar-refractivity contribution in [2.45, 2.75) is 129 Å². The van der Waals surface area contributed by atoms with Crippen LogP contribution in [0.15, 0.2) is 18.5 Å². The van der Waals surface area contributed by atoms with Gasteiger partial charge in [-0.05, 0) is 31.7 Å². The number of nitrogens with zero attached hydrogens (tertiary/aromatic N) is 1. The van der Waals surface area contributed by atoms with Gasteiger partial charge in [0, 0.05) is 11.1 Å². The van der Waals surface area contributed by atoms with E-state index in [9.17, 15) is 0 Å². The third-order valence-corrected chi connectivity index (χ3v) is 5.75. The van der Waals surface area contributed by atoms with E-state index in [1.807, 2.05) is 0 Å². The lowest BCUT2D eigenvalue weighted by Crippen LogP contribution is -2.28. The Morgan fingerprint density at radius 3 is 1.22 bits per heavy atom. The third kappa shape index (κ3) is 13.9. The van der Waals surface area contributed by atoms with Crippen molar-refractivity contribution >= 4 is 0 Å². The summed E-state index contributed by atoms with van der Waals surface area (Å²) in [5.74, 6) is 0. The minimum Gasteiger partial charge on any atom is -0.207 e. The molecule has 1 aromatic rings. The van der Waals surface area contributed by atoms with Gasteiger partial charge in [0.25, 0.3) is 0 Å². The predicted octanol–water partition coefficient (Wildman–Crippen LogP) is 7.88. The minimum absolute atomic E-state index is 1.26. The molecule has 1 aromatic heterocycles. The number of rotatable bonds is 18. The second kappa shape index (κ2) is 17.3. The topological polar surface area (TPSA) is 3.88 Å².